The molecule has 1 aromatic heterocycles. The third-order valence-electron chi connectivity index (χ3n) is 3.51. The summed E-state index contributed by atoms with van der Waals surface area (Å²) in [5.41, 5.74) is 1.12. The molecule has 1 atom stereocenters. The number of carbonyl (C=O) groups is 2. The number of hydrogen-bond donors (Lipinski definition) is 0. The molecule has 2 rings (SSSR count). The molecule has 0 bridgehead atoms. The highest BCUT2D eigenvalue weighted by molar-refractivity contribution is 5.92. The molecule has 124 valence electrons. The highest BCUT2D eigenvalue weighted by Crippen LogP contribution is 2.24. The summed E-state index contributed by atoms with van der Waals surface area (Å²) < 4.78 is 11.7. The molecule has 0 N–H and O–H groups in total. The maximum absolute atomic E-state index is 12.4. The van der Waals surface area contributed by atoms with E-state index in [0.717, 1.165) is 16.5 Å². The number of fused-ring (bicyclic) bond motifs is 1. The Morgan fingerprint density at radius 3 is 2.52 bits per heavy atom. The van der Waals surface area contributed by atoms with Crippen molar-refractivity contribution in [1.82, 2.24) is 4.57 Å². The number of hydrogen-bond acceptors (Lipinski definition) is 4. The molecule has 0 aliphatic heterocycles. The van der Waals surface area contributed by atoms with Crippen molar-refractivity contribution in [3.05, 3.63) is 36.0 Å². The zero-order valence-corrected chi connectivity index (χ0v) is 14.3. The number of nitrogens with zero attached hydrogens (tertiary/aromatic N) is 1. The van der Waals surface area contributed by atoms with Crippen LogP contribution in [0.5, 0.6) is 0 Å². The van der Waals surface area contributed by atoms with Crippen LogP contribution in [0.4, 0.5) is 4.79 Å². The zero-order valence-electron chi connectivity index (χ0n) is 14.3. The average molecular weight is 317 g/mol. The molecule has 2 aromatic rings. The van der Waals surface area contributed by atoms with Crippen molar-refractivity contribution in [3.63, 3.8) is 0 Å². The highest BCUT2D eigenvalue weighted by atomic mass is 16.6. The number of aromatic nitrogens is 1. The fourth-order valence-corrected chi connectivity index (χ4v) is 2.51. The molecular formula is C18H23NO4. The van der Waals surface area contributed by atoms with Gasteiger partial charge < -0.3 is 9.47 Å². The normalized spacial score (nSPS) is 12.9. The quantitative estimate of drug-likeness (QED) is 0.808. The van der Waals surface area contributed by atoms with E-state index in [1.54, 1.807) is 6.20 Å². The Balaban J connectivity index is 2.41. The Morgan fingerprint density at radius 1 is 1.22 bits per heavy atom. The average Bonchev–Trinajstić information content (AvgIpc) is 2.89. The number of ether oxygens (including phenoxy) is 2. The van der Waals surface area contributed by atoms with E-state index in [1.807, 2.05) is 52.0 Å². The predicted molar refractivity (Wildman–Crippen MR) is 88.5 cm³/mol. The Labute approximate surface area is 136 Å². The number of esters is 1. The van der Waals surface area contributed by atoms with Crippen LogP contribution in [-0.4, -0.2) is 29.3 Å². The van der Waals surface area contributed by atoms with Gasteiger partial charge in [0.1, 0.15) is 5.60 Å². The lowest BCUT2D eigenvalue weighted by Gasteiger charge is -2.20. The molecule has 5 nitrogen and oxygen atoms in total. The molecule has 1 heterocycles. The van der Waals surface area contributed by atoms with Crippen molar-refractivity contribution < 1.29 is 19.1 Å². The molecule has 0 fully saturated rings. The van der Waals surface area contributed by atoms with Crippen LogP contribution < -0.4 is 0 Å². The number of rotatable bonds is 3. The van der Waals surface area contributed by atoms with Crippen LogP contribution in [0, 0.1) is 5.92 Å². The van der Waals surface area contributed by atoms with E-state index >= 15 is 0 Å². The fourth-order valence-electron chi connectivity index (χ4n) is 2.51. The van der Waals surface area contributed by atoms with Gasteiger partial charge in [-0.15, -0.1) is 0 Å². The standard InChI is InChI=1S/C18H23NO4/c1-12(16(20)22-5)11-14-8-6-7-13-9-10-19(15(13)14)17(21)23-18(2,3)4/h6-10,12H,11H2,1-5H3. The summed E-state index contributed by atoms with van der Waals surface area (Å²) in [6, 6.07) is 7.64. The van der Waals surface area contributed by atoms with Gasteiger partial charge in [0, 0.05) is 11.6 Å². The SMILES string of the molecule is COC(=O)C(C)Cc1cccc2ccn(C(=O)OC(C)(C)C)c12. The van der Waals surface area contributed by atoms with Crippen LogP contribution in [0.3, 0.4) is 0 Å². The first-order valence-electron chi connectivity index (χ1n) is 7.63. The Kier molecular flexibility index (Phi) is 4.78. The predicted octanol–water partition coefficient (Wildman–Crippen LogP) is 3.78. The van der Waals surface area contributed by atoms with Crippen LogP contribution >= 0.6 is 0 Å². The van der Waals surface area contributed by atoms with Gasteiger partial charge in [0.15, 0.2) is 0 Å². The monoisotopic (exact) mass is 317 g/mol. The maximum Gasteiger partial charge on any atom is 0.418 e. The van der Waals surface area contributed by atoms with Crippen LogP contribution in [0.1, 0.15) is 33.3 Å². The van der Waals surface area contributed by atoms with E-state index in [9.17, 15) is 9.59 Å². The molecule has 1 aromatic carbocycles. The summed E-state index contributed by atoms with van der Waals surface area (Å²) in [6.07, 6.45) is 1.77. The minimum Gasteiger partial charge on any atom is -0.469 e. The van der Waals surface area contributed by atoms with E-state index in [1.165, 1.54) is 11.7 Å². The number of carbonyl (C=O) groups excluding carboxylic acids is 2. The van der Waals surface area contributed by atoms with Crippen molar-refractivity contribution in [2.24, 2.45) is 5.92 Å². The van der Waals surface area contributed by atoms with Crippen molar-refractivity contribution in [1.29, 1.82) is 0 Å². The summed E-state index contributed by atoms with van der Waals surface area (Å²) >= 11 is 0. The summed E-state index contributed by atoms with van der Waals surface area (Å²) in [4.78, 5) is 24.1. The third kappa shape index (κ3) is 3.92. The van der Waals surface area contributed by atoms with E-state index < -0.39 is 11.7 Å². The maximum atomic E-state index is 12.4. The molecule has 23 heavy (non-hydrogen) atoms. The third-order valence-corrected chi connectivity index (χ3v) is 3.51. The van der Waals surface area contributed by atoms with Gasteiger partial charge in [-0.05, 0) is 38.8 Å². The lowest BCUT2D eigenvalue weighted by molar-refractivity contribution is -0.144. The Bertz CT molecular complexity index is 724. The molecule has 0 spiro atoms. The van der Waals surface area contributed by atoms with Crippen LogP contribution in [-0.2, 0) is 20.7 Å². The molecule has 0 saturated heterocycles. The van der Waals surface area contributed by atoms with Crippen LogP contribution in [0.2, 0.25) is 0 Å². The van der Waals surface area contributed by atoms with Gasteiger partial charge in [-0.1, -0.05) is 25.1 Å². The number of para-hydroxylation sites is 1. The molecule has 0 aliphatic rings. The molecule has 0 radical (unpaired) electrons. The van der Waals surface area contributed by atoms with E-state index in [4.69, 9.17) is 9.47 Å². The van der Waals surface area contributed by atoms with Gasteiger partial charge in [-0.2, -0.15) is 0 Å². The van der Waals surface area contributed by atoms with Gasteiger partial charge in [0.05, 0.1) is 18.5 Å². The van der Waals surface area contributed by atoms with Crippen molar-refractivity contribution in [2.45, 2.75) is 39.7 Å². The number of benzene rings is 1. The van der Waals surface area contributed by atoms with Gasteiger partial charge in [0.2, 0.25) is 0 Å². The van der Waals surface area contributed by atoms with Crippen molar-refractivity contribution >= 4 is 23.0 Å². The van der Waals surface area contributed by atoms with Crippen LogP contribution in [0.25, 0.3) is 10.9 Å². The first-order chi connectivity index (χ1) is 10.7. The molecule has 0 saturated carbocycles. The lowest BCUT2D eigenvalue weighted by atomic mass is 9.99. The van der Waals surface area contributed by atoms with Crippen LogP contribution in [0.15, 0.2) is 30.5 Å². The molecule has 5 heteroatoms. The minimum atomic E-state index is -0.568. The van der Waals surface area contributed by atoms with E-state index in [0.29, 0.717) is 6.42 Å². The van der Waals surface area contributed by atoms with Crippen molar-refractivity contribution in [3.8, 4) is 0 Å². The highest BCUT2D eigenvalue weighted by Gasteiger charge is 2.21. The Hall–Kier alpha value is -2.30. The minimum absolute atomic E-state index is 0.266. The second-order valence-corrected chi connectivity index (χ2v) is 6.65. The number of methoxy groups -OCH3 is 1. The zero-order chi connectivity index (χ0) is 17.2. The van der Waals surface area contributed by atoms with Gasteiger partial charge in [-0.3, -0.25) is 9.36 Å². The van der Waals surface area contributed by atoms with E-state index in [-0.39, 0.29) is 11.9 Å². The first kappa shape index (κ1) is 17.1. The second kappa shape index (κ2) is 6.44. The molecule has 0 aliphatic carbocycles. The topological polar surface area (TPSA) is 57.5 Å². The smallest absolute Gasteiger partial charge is 0.418 e. The molecular weight excluding hydrogens is 294 g/mol. The lowest BCUT2D eigenvalue weighted by Crippen LogP contribution is -2.27. The van der Waals surface area contributed by atoms with Gasteiger partial charge in [0.25, 0.3) is 0 Å². The van der Waals surface area contributed by atoms with Crippen molar-refractivity contribution in [2.75, 3.05) is 7.11 Å². The fraction of sp³-hybridized carbons (Fsp3) is 0.444. The molecule has 1 unspecified atom stereocenters. The van der Waals surface area contributed by atoms with Gasteiger partial charge >= 0.3 is 12.1 Å². The van der Waals surface area contributed by atoms with E-state index in [2.05, 4.69) is 0 Å². The summed E-state index contributed by atoms with van der Waals surface area (Å²) in [5, 5.41) is 0.936. The molecule has 0 amide bonds. The largest absolute Gasteiger partial charge is 0.469 e. The summed E-state index contributed by atoms with van der Waals surface area (Å²) in [6.45, 7) is 7.30. The summed E-state index contributed by atoms with van der Waals surface area (Å²) in [5.74, 6) is -0.551. The summed E-state index contributed by atoms with van der Waals surface area (Å²) in [7, 11) is 1.38. The second-order valence-electron chi connectivity index (χ2n) is 6.65. The Morgan fingerprint density at radius 2 is 1.91 bits per heavy atom. The van der Waals surface area contributed by atoms with Gasteiger partial charge in [-0.25, -0.2) is 4.79 Å². The first-order valence-corrected chi connectivity index (χ1v) is 7.63.